The Balaban J connectivity index is 3.25. The van der Waals surface area contributed by atoms with Crippen molar-refractivity contribution < 1.29 is 5.11 Å². The fraction of sp³-hybridized carbons (Fsp3) is 0.600. The maximum Gasteiger partial charge on any atom is 0.186 e. The van der Waals surface area contributed by atoms with E-state index in [1.54, 1.807) is 7.05 Å². The molecule has 1 atom stereocenters. The second-order valence-electron chi connectivity index (χ2n) is 8.73. The Morgan fingerprint density at radius 3 is 2.15 bits per heavy atom. The summed E-state index contributed by atoms with van der Waals surface area (Å²) in [6.45, 7) is 16.8. The molecule has 0 aromatic heterocycles. The molecule has 5 nitrogen and oxygen atoms in total. The summed E-state index contributed by atoms with van der Waals surface area (Å²) in [5, 5.41) is 21.8. The molecule has 0 saturated heterocycles. The zero-order chi connectivity index (χ0) is 20.3. The van der Waals surface area contributed by atoms with Crippen molar-refractivity contribution in [3.8, 4) is 5.75 Å². The standard InChI is InChI=1S/C20H34N4OS/c1-12(13(2)23-24-18(26)21-9)22-16-11-14(19(3,4)5)10-15(17(16)25)20(6,7)8/h10-12,22,25H,1-9H3,(H2,21,24,26)/b23-13+. The molecular weight excluding hydrogens is 344 g/mol. The van der Waals surface area contributed by atoms with E-state index in [2.05, 4.69) is 68.8 Å². The van der Waals surface area contributed by atoms with Gasteiger partial charge in [-0.15, -0.1) is 0 Å². The number of hydrogen-bond acceptors (Lipinski definition) is 4. The molecule has 4 N–H and O–H groups in total. The van der Waals surface area contributed by atoms with E-state index in [9.17, 15) is 5.11 Å². The number of anilines is 1. The number of thiocarbonyl (C=S) groups is 1. The minimum atomic E-state index is -0.158. The van der Waals surface area contributed by atoms with Gasteiger partial charge in [0.15, 0.2) is 5.11 Å². The lowest BCUT2D eigenvalue weighted by atomic mass is 9.79. The molecule has 1 rings (SSSR count). The van der Waals surface area contributed by atoms with Crippen LogP contribution in [0.25, 0.3) is 0 Å². The zero-order valence-corrected chi connectivity index (χ0v) is 18.4. The molecule has 0 saturated carbocycles. The van der Waals surface area contributed by atoms with Crippen molar-refractivity contribution in [1.82, 2.24) is 10.7 Å². The molecular formula is C20H34N4OS. The van der Waals surface area contributed by atoms with Crippen molar-refractivity contribution in [2.75, 3.05) is 12.4 Å². The number of hydrazone groups is 1. The minimum absolute atomic E-state index is 0.0168. The fourth-order valence-corrected chi connectivity index (χ4v) is 2.42. The van der Waals surface area contributed by atoms with E-state index in [1.807, 2.05) is 19.9 Å². The highest BCUT2D eigenvalue weighted by Gasteiger charge is 2.25. The topological polar surface area (TPSA) is 68.7 Å². The molecule has 0 fully saturated rings. The van der Waals surface area contributed by atoms with E-state index < -0.39 is 0 Å². The minimum Gasteiger partial charge on any atom is -0.505 e. The predicted molar refractivity (Wildman–Crippen MR) is 116 cm³/mol. The highest BCUT2D eigenvalue weighted by atomic mass is 32.1. The monoisotopic (exact) mass is 378 g/mol. The molecule has 0 aliphatic carbocycles. The van der Waals surface area contributed by atoms with Gasteiger partial charge >= 0.3 is 0 Å². The fourth-order valence-electron chi connectivity index (χ4n) is 2.38. The van der Waals surface area contributed by atoms with E-state index in [0.29, 0.717) is 10.9 Å². The quantitative estimate of drug-likeness (QED) is 0.273. The Morgan fingerprint density at radius 1 is 1.12 bits per heavy atom. The first-order chi connectivity index (χ1) is 11.8. The number of benzene rings is 1. The average Bonchev–Trinajstić information content (AvgIpc) is 2.51. The van der Waals surface area contributed by atoms with Gasteiger partial charge in [-0.2, -0.15) is 5.10 Å². The van der Waals surface area contributed by atoms with Crippen LogP contribution in [0.5, 0.6) is 5.75 Å². The first-order valence-corrected chi connectivity index (χ1v) is 9.34. The van der Waals surface area contributed by atoms with E-state index >= 15 is 0 Å². The Labute approximate surface area is 163 Å². The van der Waals surface area contributed by atoms with Crippen LogP contribution in [0, 0.1) is 0 Å². The lowest BCUT2D eigenvalue weighted by molar-refractivity contribution is 0.446. The first kappa shape index (κ1) is 22.2. The number of hydrogen-bond donors (Lipinski definition) is 4. The Hall–Kier alpha value is -1.82. The summed E-state index contributed by atoms with van der Waals surface area (Å²) in [6.07, 6.45) is 0. The molecule has 0 bridgehead atoms. The summed E-state index contributed by atoms with van der Waals surface area (Å²) >= 11 is 5.04. The maximum absolute atomic E-state index is 10.9. The SMILES string of the molecule is CNC(=S)N/N=C(\C)C(C)Nc1cc(C(C)(C)C)cc(C(C)(C)C)c1O. The third-order valence-electron chi connectivity index (χ3n) is 4.34. The summed E-state index contributed by atoms with van der Waals surface area (Å²) in [5.41, 5.74) is 6.29. The van der Waals surface area contributed by atoms with E-state index in [-0.39, 0.29) is 16.9 Å². The molecule has 0 heterocycles. The Morgan fingerprint density at radius 2 is 1.69 bits per heavy atom. The maximum atomic E-state index is 10.9. The molecule has 0 amide bonds. The van der Waals surface area contributed by atoms with Gasteiger partial charge in [0, 0.05) is 12.6 Å². The van der Waals surface area contributed by atoms with Crippen LogP contribution in [-0.2, 0) is 10.8 Å². The highest BCUT2D eigenvalue weighted by Crippen LogP contribution is 2.40. The van der Waals surface area contributed by atoms with Gasteiger partial charge in [-0.1, -0.05) is 47.6 Å². The van der Waals surface area contributed by atoms with Crippen LogP contribution in [0.15, 0.2) is 17.2 Å². The Bertz CT molecular complexity index is 684. The second-order valence-corrected chi connectivity index (χ2v) is 9.14. The molecule has 1 aromatic rings. The normalized spacial score (nSPS) is 14.0. The molecule has 1 unspecified atom stereocenters. The summed E-state index contributed by atoms with van der Waals surface area (Å²) in [6, 6.07) is 4.06. The van der Waals surface area contributed by atoms with Gasteiger partial charge in [0.1, 0.15) is 5.75 Å². The summed E-state index contributed by atoms with van der Waals surface area (Å²) in [4.78, 5) is 0. The van der Waals surface area contributed by atoms with Gasteiger partial charge < -0.3 is 15.7 Å². The third kappa shape index (κ3) is 5.87. The van der Waals surface area contributed by atoms with Crippen molar-refractivity contribution in [2.24, 2.45) is 5.10 Å². The number of nitrogens with zero attached hydrogens (tertiary/aromatic N) is 1. The van der Waals surface area contributed by atoms with Gasteiger partial charge in [0.25, 0.3) is 0 Å². The number of rotatable bonds is 4. The van der Waals surface area contributed by atoms with Crippen LogP contribution in [0.1, 0.15) is 66.5 Å². The van der Waals surface area contributed by atoms with Gasteiger partial charge in [-0.25, -0.2) is 0 Å². The van der Waals surface area contributed by atoms with Gasteiger partial charge in [-0.3, -0.25) is 5.43 Å². The van der Waals surface area contributed by atoms with Crippen LogP contribution in [-0.4, -0.2) is 29.0 Å². The van der Waals surface area contributed by atoms with Crippen molar-refractivity contribution >= 4 is 28.7 Å². The van der Waals surface area contributed by atoms with Crippen molar-refractivity contribution in [3.05, 3.63) is 23.3 Å². The zero-order valence-electron chi connectivity index (χ0n) is 17.5. The van der Waals surface area contributed by atoms with Crippen LogP contribution in [0.3, 0.4) is 0 Å². The van der Waals surface area contributed by atoms with Crippen molar-refractivity contribution in [2.45, 2.75) is 72.3 Å². The van der Waals surface area contributed by atoms with Crippen LogP contribution >= 0.6 is 12.2 Å². The molecule has 0 spiro atoms. The molecule has 6 heteroatoms. The second kappa shape index (κ2) is 8.25. The van der Waals surface area contributed by atoms with Crippen LogP contribution in [0.4, 0.5) is 5.69 Å². The first-order valence-electron chi connectivity index (χ1n) is 8.93. The lowest BCUT2D eigenvalue weighted by Gasteiger charge is -2.28. The van der Waals surface area contributed by atoms with Gasteiger partial charge in [0.05, 0.1) is 17.4 Å². The summed E-state index contributed by atoms with van der Waals surface area (Å²) in [7, 11) is 1.74. The third-order valence-corrected chi connectivity index (χ3v) is 4.64. The van der Waals surface area contributed by atoms with Crippen LogP contribution in [0.2, 0.25) is 0 Å². The molecule has 0 radical (unpaired) electrons. The number of phenols is 1. The number of nitrogens with one attached hydrogen (secondary N) is 3. The van der Waals surface area contributed by atoms with E-state index in [4.69, 9.17) is 12.2 Å². The summed E-state index contributed by atoms with van der Waals surface area (Å²) in [5.74, 6) is 0.295. The lowest BCUT2D eigenvalue weighted by Crippen LogP contribution is -2.32. The van der Waals surface area contributed by atoms with E-state index in [0.717, 1.165) is 17.0 Å². The van der Waals surface area contributed by atoms with Gasteiger partial charge in [-0.05, 0) is 48.5 Å². The number of aromatic hydroxyl groups is 1. The molecule has 0 aliphatic rings. The highest BCUT2D eigenvalue weighted by molar-refractivity contribution is 7.80. The van der Waals surface area contributed by atoms with E-state index in [1.165, 1.54) is 5.56 Å². The average molecular weight is 379 g/mol. The predicted octanol–water partition coefficient (Wildman–Crippen LogP) is 4.26. The molecule has 26 heavy (non-hydrogen) atoms. The van der Waals surface area contributed by atoms with Gasteiger partial charge in [0.2, 0.25) is 0 Å². The van der Waals surface area contributed by atoms with Crippen LogP contribution < -0.4 is 16.1 Å². The van der Waals surface area contributed by atoms with Crippen molar-refractivity contribution in [1.29, 1.82) is 0 Å². The summed E-state index contributed by atoms with van der Waals surface area (Å²) < 4.78 is 0. The number of phenolic OH excluding ortho intramolecular Hbond substituents is 1. The molecule has 0 aliphatic heterocycles. The Kier molecular flexibility index (Phi) is 7.05. The van der Waals surface area contributed by atoms with Crippen molar-refractivity contribution in [3.63, 3.8) is 0 Å². The smallest absolute Gasteiger partial charge is 0.186 e. The largest absolute Gasteiger partial charge is 0.505 e. The molecule has 1 aromatic carbocycles. The molecule has 146 valence electrons.